The second kappa shape index (κ2) is 10.4. The van der Waals surface area contributed by atoms with Crippen molar-refractivity contribution in [3.8, 4) is 0 Å². The molecular weight excluding hydrogens is 250 g/mol. The molecule has 0 aliphatic heterocycles. The molecule has 1 unspecified atom stereocenters. The maximum Gasteiger partial charge on any atom is 0.256 e. The van der Waals surface area contributed by atoms with Gasteiger partial charge in [0, 0.05) is 19.5 Å². The van der Waals surface area contributed by atoms with Gasteiger partial charge in [-0.1, -0.05) is 0 Å². The van der Waals surface area contributed by atoms with Gasteiger partial charge in [0.1, 0.15) is 0 Å². The second-order valence-electron chi connectivity index (χ2n) is 2.81. The van der Waals surface area contributed by atoms with Gasteiger partial charge in [-0.05, 0) is 31.4 Å². The number of nitrogens with one attached hydrogen (secondary N) is 2. The van der Waals surface area contributed by atoms with E-state index in [0.29, 0.717) is 11.7 Å². The van der Waals surface area contributed by atoms with Crippen molar-refractivity contribution >= 4 is 40.7 Å². The van der Waals surface area contributed by atoms with Gasteiger partial charge in [0.25, 0.3) is 10.3 Å². The summed E-state index contributed by atoms with van der Waals surface area (Å²) in [7, 11) is 1.50. The molecule has 0 bridgehead atoms. The summed E-state index contributed by atoms with van der Waals surface area (Å²) in [6, 6.07) is 0.0515. The van der Waals surface area contributed by atoms with Crippen LogP contribution >= 0.6 is 24.4 Å². The van der Waals surface area contributed by atoms with Gasteiger partial charge in [0.2, 0.25) is 5.91 Å². The van der Waals surface area contributed by atoms with Gasteiger partial charge in [-0.15, -0.1) is 0 Å². The lowest BCUT2D eigenvalue weighted by Gasteiger charge is -2.13. The number of carbonyl (C=O) groups excluding carboxylic acids is 1. The van der Waals surface area contributed by atoms with Gasteiger partial charge >= 0.3 is 0 Å². The molecule has 0 aliphatic rings. The summed E-state index contributed by atoms with van der Waals surface area (Å²) in [6.07, 6.45) is 0. The number of methoxy groups -OCH3 is 1. The predicted octanol–water partition coefficient (Wildman–Crippen LogP) is -0.180. The zero-order valence-corrected chi connectivity index (χ0v) is 11.1. The first-order chi connectivity index (χ1) is 7.29. The molecule has 0 fully saturated rings. The maximum atomic E-state index is 10.6. The molecule has 1 amide bonds. The van der Waals surface area contributed by atoms with E-state index in [1.807, 2.05) is 6.92 Å². The first-order valence-electron chi connectivity index (χ1n) is 4.36. The summed E-state index contributed by atoms with van der Waals surface area (Å²) in [5.74, 6) is -0.0485. The Kier molecular flexibility index (Phi) is 11.2. The summed E-state index contributed by atoms with van der Waals surface area (Å²) < 4.78 is 4.71. The number of rotatable bonds is 3. The van der Waals surface area contributed by atoms with E-state index in [4.69, 9.17) is 22.1 Å². The summed E-state index contributed by atoms with van der Waals surface area (Å²) in [6.45, 7) is 3.93. The van der Waals surface area contributed by atoms with Crippen molar-refractivity contribution in [3.05, 3.63) is 0 Å². The molecule has 0 spiro atoms. The summed E-state index contributed by atoms with van der Waals surface area (Å²) in [4.78, 5) is 10.6. The molecule has 0 aromatic rings. The number of aliphatic hydroxyl groups is 1. The minimum absolute atomic E-state index is 0.0485. The topological polar surface area (TPSA) is 96.6 Å². The van der Waals surface area contributed by atoms with Crippen LogP contribution in [0.15, 0.2) is 0 Å². The Morgan fingerprint density at radius 1 is 1.56 bits per heavy atom. The van der Waals surface area contributed by atoms with Gasteiger partial charge in [0.15, 0.2) is 0 Å². The molecule has 5 N–H and O–H groups in total. The third-order valence-electron chi connectivity index (χ3n) is 1.19. The van der Waals surface area contributed by atoms with Gasteiger partial charge in [0.05, 0.1) is 7.11 Å². The molecule has 0 heterocycles. The van der Waals surface area contributed by atoms with Crippen molar-refractivity contribution in [2.45, 2.75) is 19.9 Å². The highest BCUT2D eigenvalue weighted by Gasteiger charge is 2.02. The van der Waals surface area contributed by atoms with E-state index in [9.17, 15) is 4.79 Å². The van der Waals surface area contributed by atoms with Gasteiger partial charge in [-0.3, -0.25) is 4.79 Å². The zero-order valence-electron chi connectivity index (χ0n) is 9.44. The van der Waals surface area contributed by atoms with Crippen LogP contribution in [0.5, 0.6) is 0 Å². The minimum Gasteiger partial charge on any atom is -0.487 e. The van der Waals surface area contributed by atoms with Crippen molar-refractivity contribution in [1.82, 2.24) is 10.6 Å². The van der Waals surface area contributed by atoms with Crippen LogP contribution in [-0.2, 0) is 9.53 Å². The second-order valence-corrected chi connectivity index (χ2v) is 3.60. The molecule has 1 atom stereocenters. The van der Waals surface area contributed by atoms with E-state index in [1.54, 1.807) is 0 Å². The average molecular weight is 267 g/mol. The molecule has 0 aromatic heterocycles. The smallest absolute Gasteiger partial charge is 0.256 e. The SMILES string of the molecule is COC(=S)NCC(C)NC(C)=O.NC(O)=S. The number of ether oxygens (including phenoxy) is 1. The fraction of sp³-hybridized carbons (Fsp3) is 0.625. The number of hydrogen-bond donors (Lipinski definition) is 4. The number of hydrogen-bond acceptors (Lipinski definition) is 4. The number of amides is 1. The Labute approximate surface area is 106 Å². The van der Waals surface area contributed by atoms with Crippen molar-refractivity contribution in [1.29, 1.82) is 0 Å². The Hall–Kier alpha value is -1.15. The normalized spacial score (nSPS) is 10.2. The van der Waals surface area contributed by atoms with Crippen LogP contribution in [0.3, 0.4) is 0 Å². The number of carbonyl (C=O) groups is 1. The maximum absolute atomic E-state index is 10.6. The largest absolute Gasteiger partial charge is 0.487 e. The quantitative estimate of drug-likeness (QED) is 0.527. The summed E-state index contributed by atoms with van der Waals surface area (Å²) in [5, 5.41) is 12.9. The molecule has 0 aromatic carbocycles. The van der Waals surface area contributed by atoms with Crippen LogP contribution in [-0.4, -0.2) is 41.1 Å². The van der Waals surface area contributed by atoms with Crippen molar-refractivity contribution in [2.75, 3.05) is 13.7 Å². The van der Waals surface area contributed by atoms with Gasteiger partial charge < -0.3 is 26.2 Å². The average Bonchev–Trinajstić information content (AvgIpc) is 2.12. The van der Waals surface area contributed by atoms with E-state index in [1.165, 1.54) is 14.0 Å². The van der Waals surface area contributed by atoms with Gasteiger partial charge in [-0.25, -0.2) is 0 Å². The lowest BCUT2D eigenvalue weighted by atomic mass is 10.3. The summed E-state index contributed by atoms with van der Waals surface area (Å²) >= 11 is 8.61. The number of thiocarbonyl (C=S) groups is 2. The van der Waals surface area contributed by atoms with E-state index in [-0.39, 0.29) is 11.9 Å². The van der Waals surface area contributed by atoms with Crippen molar-refractivity contribution in [3.63, 3.8) is 0 Å². The Balaban J connectivity index is 0. The Bertz CT molecular complexity index is 245. The van der Waals surface area contributed by atoms with Crippen LogP contribution in [0.25, 0.3) is 0 Å². The van der Waals surface area contributed by atoms with E-state index >= 15 is 0 Å². The Morgan fingerprint density at radius 2 is 2.00 bits per heavy atom. The van der Waals surface area contributed by atoms with E-state index in [0.717, 1.165) is 0 Å². The third kappa shape index (κ3) is 18.6. The van der Waals surface area contributed by atoms with Crippen LogP contribution in [0.4, 0.5) is 0 Å². The third-order valence-corrected chi connectivity index (χ3v) is 1.50. The fourth-order valence-electron chi connectivity index (χ4n) is 0.707. The Morgan fingerprint density at radius 3 is 2.31 bits per heavy atom. The molecule has 0 rings (SSSR count). The number of nitrogens with two attached hydrogens (primary N) is 1. The molecule has 6 nitrogen and oxygen atoms in total. The standard InChI is InChI=1S/C7H14N2O2S.CH3NOS/c1-5(9-6(2)10)4-8-7(12)11-3;2-1(3)4/h5H,4H2,1-3H3,(H,8,12)(H,9,10);(H3,2,3,4). The summed E-state index contributed by atoms with van der Waals surface area (Å²) in [5.41, 5.74) is 4.40. The molecule has 94 valence electrons. The molecule has 0 saturated heterocycles. The van der Waals surface area contributed by atoms with E-state index in [2.05, 4.69) is 28.6 Å². The molecule has 0 saturated carbocycles. The van der Waals surface area contributed by atoms with E-state index < -0.39 is 5.17 Å². The lowest BCUT2D eigenvalue weighted by Crippen LogP contribution is -2.40. The van der Waals surface area contributed by atoms with Crippen molar-refractivity contribution in [2.24, 2.45) is 5.73 Å². The van der Waals surface area contributed by atoms with Crippen LogP contribution in [0, 0.1) is 0 Å². The highest BCUT2D eigenvalue weighted by Crippen LogP contribution is 1.80. The number of aliphatic hydroxyl groups excluding tert-OH is 1. The zero-order chi connectivity index (χ0) is 13.1. The van der Waals surface area contributed by atoms with Crippen LogP contribution in [0.2, 0.25) is 0 Å². The fourth-order valence-corrected chi connectivity index (χ4v) is 0.790. The molecule has 0 aliphatic carbocycles. The van der Waals surface area contributed by atoms with Gasteiger partial charge in [-0.2, -0.15) is 0 Å². The highest BCUT2D eigenvalue weighted by molar-refractivity contribution is 7.80. The lowest BCUT2D eigenvalue weighted by molar-refractivity contribution is -0.119. The highest BCUT2D eigenvalue weighted by atomic mass is 32.1. The van der Waals surface area contributed by atoms with Crippen LogP contribution < -0.4 is 16.4 Å². The molecular formula is C8H17N3O3S2. The monoisotopic (exact) mass is 267 g/mol. The molecule has 8 heteroatoms. The molecule has 16 heavy (non-hydrogen) atoms. The predicted molar refractivity (Wildman–Crippen MR) is 70.3 cm³/mol. The first-order valence-corrected chi connectivity index (χ1v) is 5.18. The van der Waals surface area contributed by atoms with Crippen LogP contribution in [0.1, 0.15) is 13.8 Å². The van der Waals surface area contributed by atoms with Crippen molar-refractivity contribution < 1.29 is 14.6 Å². The first kappa shape index (κ1) is 17.3. The molecule has 0 radical (unpaired) electrons. The minimum atomic E-state index is -0.500.